The smallest absolute Gasteiger partial charge is 0.115 e. The van der Waals surface area contributed by atoms with Crippen molar-refractivity contribution in [3.05, 3.63) is 59.2 Å². The van der Waals surface area contributed by atoms with Crippen molar-refractivity contribution in [3.8, 4) is 11.5 Å². The molecule has 2 nitrogen and oxygen atoms in total. The molecular formula is C21H24O2. The van der Waals surface area contributed by atoms with E-state index in [2.05, 4.69) is 25.1 Å². The molecule has 0 unspecified atom stereocenters. The minimum Gasteiger partial charge on any atom is -0.508 e. The number of aromatic hydroxyl groups is 2. The van der Waals surface area contributed by atoms with Crippen molar-refractivity contribution >= 4 is 0 Å². The van der Waals surface area contributed by atoms with E-state index in [1.807, 2.05) is 24.3 Å². The van der Waals surface area contributed by atoms with Crippen LogP contribution in [0.15, 0.2) is 42.5 Å². The summed E-state index contributed by atoms with van der Waals surface area (Å²) in [6, 6.07) is 13.8. The minimum atomic E-state index is 0.336. The van der Waals surface area contributed by atoms with Crippen molar-refractivity contribution in [2.45, 2.75) is 50.4 Å². The minimum absolute atomic E-state index is 0.336. The molecule has 4 rings (SSSR count). The average Bonchev–Trinajstić information content (AvgIpc) is 2.56. The highest BCUT2D eigenvalue weighted by atomic mass is 16.3. The van der Waals surface area contributed by atoms with Gasteiger partial charge in [-0.25, -0.2) is 0 Å². The summed E-state index contributed by atoms with van der Waals surface area (Å²) in [5.74, 6) is 2.86. The van der Waals surface area contributed by atoms with Crippen LogP contribution in [0.5, 0.6) is 11.5 Å². The first-order chi connectivity index (χ1) is 11.1. The Balaban J connectivity index is 1.83. The standard InChI is InChI=1S/C21H24O2/c1-13-17-11-10-16(23)12-20(17)18-4-2-3-5-19(18)21(13)14-6-8-15(22)9-7-14/h6-13,18-19,21-23H,2-5H2,1H3/t13-,18-,19+,21+/m1/s1. The molecule has 23 heavy (non-hydrogen) atoms. The Labute approximate surface area is 137 Å². The molecule has 2 aliphatic carbocycles. The Morgan fingerprint density at radius 1 is 0.826 bits per heavy atom. The molecule has 2 aromatic carbocycles. The third kappa shape index (κ3) is 2.41. The van der Waals surface area contributed by atoms with Gasteiger partial charge in [0.2, 0.25) is 0 Å². The SMILES string of the molecule is C[C@@H]1c2ccc(O)cc2[C@@H]2CCCC[C@@H]2[C@@H]1c1ccc(O)cc1. The number of phenolic OH excluding ortho intramolecular Hbond substituents is 2. The summed E-state index contributed by atoms with van der Waals surface area (Å²) in [7, 11) is 0. The number of hydrogen-bond acceptors (Lipinski definition) is 2. The third-order valence-electron chi connectivity index (χ3n) is 6.06. The van der Waals surface area contributed by atoms with Gasteiger partial charge in [0.05, 0.1) is 0 Å². The van der Waals surface area contributed by atoms with Crippen LogP contribution in [0, 0.1) is 5.92 Å². The summed E-state index contributed by atoms with van der Waals surface area (Å²) in [4.78, 5) is 0. The molecule has 0 radical (unpaired) electrons. The highest BCUT2D eigenvalue weighted by Gasteiger charge is 2.42. The van der Waals surface area contributed by atoms with Crippen LogP contribution in [-0.4, -0.2) is 10.2 Å². The van der Waals surface area contributed by atoms with Gasteiger partial charge in [0.15, 0.2) is 0 Å². The molecule has 0 bridgehead atoms. The summed E-state index contributed by atoms with van der Waals surface area (Å²) in [6.45, 7) is 2.32. The number of fused-ring (bicyclic) bond motifs is 3. The maximum atomic E-state index is 9.95. The molecule has 0 aromatic heterocycles. The molecule has 2 N–H and O–H groups in total. The van der Waals surface area contributed by atoms with Crippen molar-refractivity contribution in [2.24, 2.45) is 5.92 Å². The predicted molar refractivity (Wildman–Crippen MR) is 92.1 cm³/mol. The zero-order valence-electron chi connectivity index (χ0n) is 13.6. The van der Waals surface area contributed by atoms with Crippen LogP contribution in [-0.2, 0) is 0 Å². The second-order valence-electron chi connectivity index (χ2n) is 7.27. The second-order valence-corrected chi connectivity index (χ2v) is 7.27. The largest absolute Gasteiger partial charge is 0.508 e. The van der Waals surface area contributed by atoms with E-state index < -0.39 is 0 Å². The lowest BCUT2D eigenvalue weighted by molar-refractivity contribution is 0.223. The quantitative estimate of drug-likeness (QED) is 0.753. The number of hydrogen-bond donors (Lipinski definition) is 2. The maximum Gasteiger partial charge on any atom is 0.115 e. The van der Waals surface area contributed by atoms with Crippen LogP contribution in [0.4, 0.5) is 0 Å². The van der Waals surface area contributed by atoms with Gasteiger partial charge < -0.3 is 10.2 Å². The molecule has 0 amide bonds. The molecule has 0 spiro atoms. The Hall–Kier alpha value is -1.96. The van der Waals surface area contributed by atoms with Gasteiger partial charge in [-0.3, -0.25) is 0 Å². The lowest BCUT2D eigenvalue weighted by atomic mass is 9.58. The predicted octanol–water partition coefficient (Wildman–Crippen LogP) is 5.27. The Kier molecular flexibility index (Phi) is 3.56. The number of phenols is 2. The van der Waals surface area contributed by atoms with Crippen LogP contribution >= 0.6 is 0 Å². The Morgan fingerprint density at radius 2 is 1.52 bits per heavy atom. The number of benzene rings is 2. The van der Waals surface area contributed by atoms with Crippen molar-refractivity contribution < 1.29 is 10.2 Å². The molecule has 120 valence electrons. The molecule has 4 atom stereocenters. The van der Waals surface area contributed by atoms with Gasteiger partial charge in [-0.05, 0) is 77.5 Å². The maximum absolute atomic E-state index is 9.95. The van der Waals surface area contributed by atoms with Gasteiger partial charge >= 0.3 is 0 Å². The van der Waals surface area contributed by atoms with Crippen molar-refractivity contribution in [2.75, 3.05) is 0 Å². The zero-order chi connectivity index (χ0) is 16.0. The van der Waals surface area contributed by atoms with Crippen molar-refractivity contribution in [1.29, 1.82) is 0 Å². The Bertz CT molecular complexity index is 704. The second kappa shape index (κ2) is 5.59. The van der Waals surface area contributed by atoms with Gasteiger partial charge in [0.1, 0.15) is 11.5 Å². The van der Waals surface area contributed by atoms with Gasteiger partial charge in [-0.1, -0.05) is 38.0 Å². The van der Waals surface area contributed by atoms with Gasteiger partial charge in [0.25, 0.3) is 0 Å². The van der Waals surface area contributed by atoms with E-state index in [1.165, 1.54) is 42.4 Å². The molecule has 2 heteroatoms. The lowest BCUT2D eigenvalue weighted by Gasteiger charge is -2.46. The molecule has 2 aromatic rings. The van der Waals surface area contributed by atoms with Crippen molar-refractivity contribution in [1.82, 2.24) is 0 Å². The first-order valence-electron chi connectivity index (χ1n) is 8.77. The molecule has 2 aliphatic rings. The van der Waals surface area contributed by atoms with Crippen LogP contribution in [0.3, 0.4) is 0 Å². The summed E-state index contributed by atoms with van der Waals surface area (Å²) >= 11 is 0. The monoisotopic (exact) mass is 308 g/mol. The summed E-state index contributed by atoms with van der Waals surface area (Å²) < 4.78 is 0. The summed E-state index contributed by atoms with van der Waals surface area (Å²) in [5.41, 5.74) is 4.10. The fraction of sp³-hybridized carbons (Fsp3) is 0.429. The van der Waals surface area contributed by atoms with Gasteiger partial charge in [0, 0.05) is 0 Å². The van der Waals surface area contributed by atoms with Crippen LogP contribution in [0.1, 0.15) is 67.1 Å². The van der Waals surface area contributed by atoms with E-state index >= 15 is 0 Å². The van der Waals surface area contributed by atoms with Gasteiger partial charge in [-0.15, -0.1) is 0 Å². The first kappa shape index (κ1) is 14.6. The van der Waals surface area contributed by atoms with E-state index in [0.29, 0.717) is 35.2 Å². The normalized spacial score (nSPS) is 29.6. The number of rotatable bonds is 1. The average molecular weight is 308 g/mol. The van der Waals surface area contributed by atoms with E-state index in [0.717, 1.165) is 0 Å². The highest BCUT2D eigenvalue weighted by molar-refractivity contribution is 5.45. The molecule has 0 aliphatic heterocycles. The van der Waals surface area contributed by atoms with E-state index in [-0.39, 0.29) is 0 Å². The summed E-state index contributed by atoms with van der Waals surface area (Å²) in [5, 5.41) is 19.6. The molecule has 1 fully saturated rings. The van der Waals surface area contributed by atoms with Crippen LogP contribution in [0.25, 0.3) is 0 Å². The van der Waals surface area contributed by atoms with Crippen LogP contribution < -0.4 is 0 Å². The molecular weight excluding hydrogens is 284 g/mol. The first-order valence-corrected chi connectivity index (χ1v) is 8.77. The van der Waals surface area contributed by atoms with Crippen molar-refractivity contribution in [3.63, 3.8) is 0 Å². The highest BCUT2D eigenvalue weighted by Crippen LogP contribution is 2.56. The topological polar surface area (TPSA) is 40.5 Å². The summed E-state index contributed by atoms with van der Waals surface area (Å²) in [6.07, 6.45) is 5.07. The van der Waals surface area contributed by atoms with Crippen LogP contribution in [0.2, 0.25) is 0 Å². The van der Waals surface area contributed by atoms with Gasteiger partial charge in [-0.2, -0.15) is 0 Å². The third-order valence-corrected chi connectivity index (χ3v) is 6.06. The fourth-order valence-corrected chi connectivity index (χ4v) is 5.07. The molecule has 0 heterocycles. The molecule has 0 saturated heterocycles. The van der Waals surface area contributed by atoms with E-state index in [9.17, 15) is 10.2 Å². The van der Waals surface area contributed by atoms with E-state index in [1.54, 1.807) is 0 Å². The fourth-order valence-electron chi connectivity index (χ4n) is 5.07. The molecule has 1 saturated carbocycles. The Morgan fingerprint density at radius 3 is 2.30 bits per heavy atom. The van der Waals surface area contributed by atoms with E-state index in [4.69, 9.17) is 0 Å². The zero-order valence-corrected chi connectivity index (χ0v) is 13.6. The lowest BCUT2D eigenvalue weighted by Crippen LogP contribution is -2.32.